The fraction of sp³-hybridized carbons (Fsp3) is 0.583. The molecule has 0 aliphatic heterocycles. The van der Waals surface area contributed by atoms with Crippen LogP contribution in [-0.4, -0.2) is 6.04 Å². The third-order valence-electron chi connectivity index (χ3n) is 2.89. The van der Waals surface area contributed by atoms with Gasteiger partial charge in [-0.15, -0.1) is 11.3 Å². The summed E-state index contributed by atoms with van der Waals surface area (Å²) in [5.74, 6) is 0. The molecule has 0 aromatic carbocycles. The van der Waals surface area contributed by atoms with Crippen LogP contribution < -0.4 is 5.32 Å². The second kappa shape index (κ2) is 3.96. The topological polar surface area (TPSA) is 35.8 Å². The quantitative estimate of drug-likeness (QED) is 0.832. The maximum atomic E-state index is 9.45. The maximum Gasteiger partial charge on any atom is 0.133 e. The zero-order valence-electron chi connectivity index (χ0n) is 9.21. The summed E-state index contributed by atoms with van der Waals surface area (Å²) in [5, 5.41) is 15.0. The van der Waals surface area contributed by atoms with E-state index in [4.69, 9.17) is 0 Å². The highest BCUT2D eigenvalue weighted by atomic mass is 32.1. The first-order valence-electron chi connectivity index (χ1n) is 5.44. The maximum absolute atomic E-state index is 9.45. The Hall–Kier alpha value is -0.850. The predicted octanol–water partition coefficient (Wildman–Crippen LogP) is 2.80. The van der Waals surface area contributed by atoms with Crippen LogP contribution in [0.3, 0.4) is 0 Å². The Labute approximate surface area is 94.9 Å². The second-order valence-electron chi connectivity index (χ2n) is 4.43. The van der Waals surface area contributed by atoms with E-state index >= 15 is 0 Å². The number of fused-ring (bicyclic) bond motifs is 1. The summed E-state index contributed by atoms with van der Waals surface area (Å²) in [7, 11) is 0. The summed E-state index contributed by atoms with van der Waals surface area (Å²) in [6.07, 6.45) is 3.18. The summed E-state index contributed by atoms with van der Waals surface area (Å²) in [6.45, 7) is 4.19. The smallest absolute Gasteiger partial charge is 0.133 e. The van der Waals surface area contributed by atoms with Crippen molar-refractivity contribution in [1.29, 1.82) is 5.26 Å². The lowest BCUT2D eigenvalue weighted by molar-refractivity contribution is 0.340. The Morgan fingerprint density at radius 1 is 1.60 bits per heavy atom. The minimum atomic E-state index is -0.429. The average Bonchev–Trinajstić information content (AvgIpc) is 2.66. The van der Waals surface area contributed by atoms with Crippen molar-refractivity contribution in [3.63, 3.8) is 0 Å². The highest BCUT2D eigenvalue weighted by Crippen LogP contribution is 2.38. The van der Waals surface area contributed by atoms with Gasteiger partial charge in [0, 0.05) is 16.5 Å². The molecule has 1 aromatic rings. The number of hydrogen-bond donors (Lipinski definition) is 1. The van der Waals surface area contributed by atoms with Gasteiger partial charge in [0.05, 0.1) is 6.07 Å². The molecule has 1 unspecified atom stereocenters. The molecule has 0 saturated carbocycles. The molecule has 3 heteroatoms. The monoisotopic (exact) mass is 220 g/mol. The fourth-order valence-corrected chi connectivity index (χ4v) is 3.35. The van der Waals surface area contributed by atoms with Crippen molar-refractivity contribution in [3.05, 3.63) is 21.9 Å². The Balaban J connectivity index is 2.40. The standard InChI is InChI=1S/C12H16N2S/c1-9(2)14-12(8-13)6-3-4-11-10(12)5-7-15-11/h5,7,9,14H,3-4,6H2,1-2H3. The normalized spacial score (nSPS) is 24.9. The van der Waals surface area contributed by atoms with Crippen LogP contribution in [0.1, 0.15) is 37.1 Å². The van der Waals surface area contributed by atoms with E-state index in [1.54, 1.807) is 11.3 Å². The molecular formula is C12H16N2S. The number of nitrogens with one attached hydrogen (secondary N) is 1. The molecular weight excluding hydrogens is 204 g/mol. The van der Waals surface area contributed by atoms with Gasteiger partial charge in [-0.1, -0.05) is 0 Å². The number of nitrogens with zero attached hydrogens (tertiary/aromatic N) is 1. The van der Waals surface area contributed by atoms with Crippen molar-refractivity contribution in [2.45, 2.75) is 44.7 Å². The summed E-state index contributed by atoms with van der Waals surface area (Å²) in [4.78, 5) is 1.39. The van der Waals surface area contributed by atoms with Gasteiger partial charge in [0.15, 0.2) is 0 Å². The third kappa shape index (κ3) is 1.80. The first-order valence-corrected chi connectivity index (χ1v) is 6.32. The predicted molar refractivity (Wildman–Crippen MR) is 62.8 cm³/mol. The van der Waals surface area contributed by atoms with Crippen molar-refractivity contribution in [1.82, 2.24) is 5.32 Å². The molecule has 2 rings (SSSR count). The van der Waals surface area contributed by atoms with Gasteiger partial charge in [0.25, 0.3) is 0 Å². The molecule has 2 nitrogen and oxygen atoms in total. The molecule has 1 aromatic heterocycles. The molecule has 1 aliphatic rings. The molecule has 0 fully saturated rings. The van der Waals surface area contributed by atoms with E-state index in [9.17, 15) is 5.26 Å². The zero-order valence-corrected chi connectivity index (χ0v) is 10.0. The van der Waals surface area contributed by atoms with Crippen LogP contribution in [-0.2, 0) is 12.0 Å². The summed E-state index contributed by atoms with van der Waals surface area (Å²) in [6, 6.07) is 4.94. The number of thiophene rings is 1. The average molecular weight is 220 g/mol. The van der Waals surface area contributed by atoms with Crippen LogP contribution in [0.4, 0.5) is 0 Å². The minimum absolute atomic E-state index is 0.343. The summed E-state index contributed by atoms with van der Waals surface area (Å²) < 4.78 is 0. The van der Waals surface area contributed by atoms with Gasteiger partial charge < -0.3 is 0 Å². The van der Waals surface area contributed by atoms with Gasteiger partial charge in [-0.2, -0.15) is 5.26 Å². The number of aryl methyl sites for hydroxylation is 1. The van der Waals surface area contributed by atoms with Gasteiger partial charge in [0.2, 0.25) is 0 Å². The van der Waals surface area contributed by atoms with Gasteiger partial charge in [0.1, 0.15) is 5.54 Å². The molecule has 1 N–H and O–H groups in total. The molecule has 0 amide bonds. The van der Waals surface area contributed by atoms with Crippen LogP contribution in [0.2, 0.25) is 0 Å². The number of hydrogen-bond acceptors (Lipinski definition) is 3. The lowest BCUT2D eigenvalue weighted by Gasteiger charge is -2.34. The van der Waals surface area contributed by atoms with E-state index < -0.39 is 5.54 Å². The Morgan fingerprint density at radius 3 is 3.07 bits per heavy atom. The number of nitriles is 1. The van der Waals surface area contributed by atoms with E-state index in [-0.39, 0.29) is 0 Å². The SMILES string of the molecule is CC(C)NC1(C#N)CCCc2sccc21. The number of rotatable bonds is 2. The third-order valence-corrected chi connectivity index (χ3v) is 3.87. The highest BCUT2D eigenvalue weighted by Gasteiger charge is 2.37. The van der Waals surface area contributed by atoms with E-state index in [1.807, 2.05) is 0 Å². The second-order valence-corrected chi connectivity index (χ2v) is 5.43. The molecule has 0 bridgehead atoms. The first kappa shape index (κ1) is 10.7. The molecule has 1 heterocycles. The molecule has 0 spiro atoms. The van der Waals surface area contributed by atoms with Gasteiger partial charge >= 0.3 is 0 Å². The van der Waals surface area contributed by atoms with Crippen molar-refractivity contribution in [2.24, 2.45) is 0 Å². The largest absolute Gasteiger partial charge is 0.293 e. The molecule has 1 aliphatic carbocycles. The van der Waals surface area contributed by atoms with Crippen molar-refractivity contribution < 1.29 is 0 Å². The summed E-state index contributed by atoms with van der Waals surface area (Å²) >= 11 is 1.78. The molecule has 15 heavy (non-hydrogen) atoms. The van der Waals surface area contributed by atoms with E-state index in [0.717, 1.165) is 19.3 Å². The van der Waals surface area contributed by atoms with Gasteiger partial charge in [-0.3, -0.25) is 5.32 Å². The Kier molecular flexibility index (Phi) is 2.81. The minimum Gasteiger partial charge on any atom is -0.293 e. The lowest BCUT2D eigenvalue weighted by atomic mass is 9.81. The Morgan fingerprint density at radius 2 is 2.40 bits per heavy atom. The first-order chi connectivity index (χ1) is 7.18. The van der Waals surface area contributed by atoms with Crippen LogP contribution >= 0.6 is 11.3 Å². The van der Waals surface area contributed by atoms with Crippen molar-refractivity contribution in [2.75, 3.05) is 0 Å². The summed E-state index contributed by atoms with van der Waals surface area (Å²) in [5.41, 5.74) is 0.789. The van der Waals surface area contributed by atoms with Crippen LogP contribution in [0, 0.1) is 11.3 Å². The molecule has 0 radical (unpaired) electrons. The lowest BCUT2D eigenvalue weighted by Crippen LogP contribution is -2.46. The van der Waals surface area contributed by atoms with Crippen LogP contribution in [0.25, 0.3) is 0 Å². The van der Waals surface area contributed by atoms with Gasteiger partial charge in [-0.25, -0.2) is 0 Å². The molecule has 80 valence electrons. The van der Waals surface area contributed by atoms with Crippen LogP contribution in [0.5, 0.6) is 0 Å². The van der Waals surface area contributed by atoms with Crippen molar-refractivity contribution >= 4 is 11.3 Å². The van der Waals surface area contributed by atoms with Crippen LogP contribution in [0.15, 0.2) is 11.4 Å². The molecule has 1 atom stereocenters. The van der Waals surface area contributed by atoms with E-state index in [1.165, 1.54) is 10.4 Å². The van der Waals surface area contributed by atoms with E-state index in [0.29, 0.717) is 6.04 Å². The van der Waals surface area contributed by atoms with Gasteiger partial charge in [-0.05, 0) is 44.6 Å². The zero-order chi connectivity index (χ0) is 10.9. The fourth-order valence-electron chi connectivity index (χ4n) is 2.35. The highest BCUT2D eigenvalue weighted by molar-refractivity contribution is 7.10. The molecule has 0 saturated heterocycles. The Bertz CT molecular complexity index is 389. The van der Waals surface area contributed by atoms with Crippen molar-refractivity contribution in [3.8, 4) is 6.07 Å². The van der Waals surface area contributed by atoms with E-state index in [2.05, 4.69) is 36.7 Å².